The fourth-order valence-corrected chi connectivity index (χ4v) is 5.48. The third-order valence-corrected chi connectivity index (χ3v) is 7.81. The minimum Gasteiger partial charge on any atom is -0.391 e. The van der Waals surface area contributed by atoms with Crippen LogP contribution in [-0.4, -0.2) is 50.7 Å². The molecule has 1 aromatic carbocycles. The lowest BCUT2D eigenvalue weighted by atomic mass is 9.88. The number of carbonyl (C=O) groups is 2. The molecule has 3 aromatic rings. The van der Waals surface area contributed by atoms with Crippen molar-refractivity contribution in [2.24, 2.45) is 5.92 Å². The molecule has 3 unspecified atom stereocenters. The number of hydrogen-bond donors (Lipinski definition) is 2. The Morgan fingerprint density at radius 2 is 1.95 bits per heavy atom. The van der Waals surface area contributed by atoms with Crippen LogP contribution >= 0.6 is 11.3 Å². The predicted molar refractivity (Wildman–Crippen MR) is 143 cm³/mol. The maximum absolute atomic E-state index is 13.7. The maximum Gasteiger partial charge on any atom is 0.243 e. The molecule has 0 radical (unpaired) electrons. The van der Waals surface area contributed by atoms with E-state index in [1.807, 2.05) is 77.4 Å². The number of thiazole rings is 1. The molecule has 0 spiro atoms. The Kier molecular flexibility index (Phi) is 7.85. The first kappa shape index (κ1) is 27.0. The molecule has 0 aliphatic carbocycles. The Labute approximate surface area is 222 Å². The number of β-amino-alcohol motifs (C(OH)–C–C–N with tert-alkyl or cyclic N) is 1. The summed E-state index contributed by atoms with van der Waals surface area (Å²) >= 11 is 1.60. The first-order valence-electron chi connectivity index (χ1n) is 12.7. The van der Waals surface area contributed by atoms with Crippen LogP contribution in [0.3, 0.4) is 0 Å². The number of amides is 2. The van der Waals surface area contributed by atoms with Crippen molar-refractivity contribution in [2.45, 2.75) is 78.0 Å². The quantitative estimate of drug-likeness (QED) is 0.474. The number of aryl methyl sites for hydroxylation is 1. The van der Waals surface area contributed by atoms with Crippen LogP contribution in [0.5, 0.6) is 0 Å². The number of rotatable bonds is 7. The van der Waals surface area contributed by atoms with Crippen molar-refractivity contribution >= 4 is 23.2 Å². The summed E-state index contributed by atoms with van der Waals surface area (Å²) in [5.74, 6) is -0.681. The molecule has 0 saturated carbocycles. The van der Waals surface area contributed by atoms with Gasteiger partial charge in [0.1, 0.15) is 17.7 Å². The van der Waals surface area contributed by atoms with Gasteiger partial charge in [-0.2, -0.15) is 0 Å². The van der Waals surface area contributed by atoms with Crippen LogP contribution in [0.2, 0.25) is 0 Å². The van der Waals surface area contributed by atoms with Gasteiger partial charge in [0.25, 0.3) is 0 Å². The summed E-state index contributed by atoms with van der Waals surface area (Å²) in [7, 11) is 0. The van der Waals surface area contributed by atoms with Gasteiger partial charge in [0.15, 0.2) is 0 Å². The summed E-state index contributed by atoms with van der Waals surface area (Å²) < 4.78 is 5.60. The summed E-state index contributed by atoms with van der Waals surface area (Å²) in [6.45, 7) is 12.4. The summed E-state index contributed by atoms with van der Waals surface area (Å²) in [5.41, 5.74) is 5.43. The Hall–Kier alpha value is -3.04. The highest BCUT2D eigenvalue weighted by atomic mass is 32.1. The van der Waals surface area contributed by atoms with Crippen molar-refractivity contribution in [3.8, 4) is 10.4 Å². The minimum atomic E-state index is -0.755. The topological polar surface area (TPSA) is 109 Å². The fraction of sp³-hybridized carbons (Fsp3) is 0.500. The SMILES string of the molecule is Cc1ncsc1-c1ccc(CNC(=O)C2CC(O)CN2C(=O)C(c2cc(C(C)(C)C)no2)C(C)C)cc1. The van der Waals surface area contributed by atoms with Crippen LogP contribution in [0.4, 0.5) is 0 Å². The van der Waals surface area contributed by atoms with Gasteiger partial charge in [-0.3, -0.25) is 9.59 Å². The van der Waals surface area contributed by atoms with E-state index in [4.69, 9.17) is 4.52 Å². The molecule has 2 N–H and O–H groups in total. The van der Waals surface area contributed by atoms with Gasteiger partial charge in [0.05, 0.1) is 27.9 Å². The van der Waals surface area contributed by atoms with E-state index >= 15 is 0 Å². The third-order valence-electron chi connectivity index (χ3n) is 6.83. The maximum atomic E-state index is 13.7. The predicted octanol–water partition coefficient (Wildman–Crippen LogP) is 4.42. The Morgan fingerprint density at radius 1 is 1.24 bits per heavy atom. The van der Waals surface area contributed by atoms with Gasteiger partial charge < -0.3 is 19.8 Å². The van der Waals surface area contributed by atoms with E-state index in [0.29, 0.717) is 12.3 Å². The van der Waals surface area contributed by atoms with Gasteiger partial charge in [-0.1, -0.05) is 64.0 Å². The average molecular weight is 525 g/mol. The van der Waals surface area contributed by atoms with Gasteiger partial charge in [0, 0.05) is 31.0 Å². The largest absolute Gasteiger partial charge is 0.391 e. The Bertz CT molecular complexity index is 1240. The van der Waals surface area contributed by atoms with Crippen molar-refractivity contribution in [3.63, 3.8) is 0 Å². The first-order valence-corrected chi connectivity index (χ1v) is 13.6. The molecule has 0 bridgehead atoms. The number of benzene rings is 1. The summed E-state index contributed by atoms with van der Waals surface area (Å²) in [5, 5.41) is 17.5. The number of aliphatic hydroxyl groups is 1. The molecule has 1 fully saturated rings. The number of aliphatic hydroxyl groups excluding tert-OH is 1. The highest BCUT2D eigenvalue weighted by Crippen LogP contribution is 2.33. The Morgan fingerprint density at radius 3 is 2.51 bits per heavy atom. The van der Waals surface area contributed by atoms with E-state index in [2.05, 4.69) is 15.5 Å². The van der Waals surface area contributed by atoms with Gasteiger partial charge in [-0.25, -0.2) is 4.98 Å². The number of hydrogen-bond acceptors (Lipinski definition) is 7. The third kappa shape index (κ3) is 5.93. The van der Waals surface area contributed by atoms with E-state index in [0.717, 1.165) is 27.4 Å². The van der Waals surface area contributed by atoms with Crippen molar-refractivity contribution < 1.29 is 19.2 Å². The monoisotopic (exact) mass is 524 g/mol. The number of carbonyl (C=O) groups excluding carboxylic acids is 2. The van der Waals surface area contributed by atoms with Crippen molar-refractivity contribution in [2.75, 3.05) is 6.54 Å². The van der Waals surface area contributed by atoms with Crippen LogP contribution in [0.15, 0.2) is 40.4 Å². The van der Waals surface area contributed by atoms with Gasteiger partial charge >= 0.3 is 0 Å². The van der Waals surface area contributed by atoms with E-state index in [1.165, 1.54) is 4.90 Å². The first-order chi connectivity index (χ1) is 17.5. The molecular formula is C28H36N4O4S. The molecule has 2 amide bonds. The normalized spacial score (nSPS) is 18.9. The number of nitrogens with one attached hydrogen (secondary N) is 1. The molecule has 3 heterocycles. The molecule has 1 saturated heterocycles. The lowest BCUT2D eigenvalue weighted by Crippen LogP contribution is -2.48. The average Bonchev–Trinajstić information content (AvgIpc) is 3.57. The molecule has 4 rings (SSSR count). The van der Waals surface area contributed by atoms with Crippen molar-refractivity contribution in [1.29, 1.82) is 0 Å². The summed E-state index contributed by atoms with van der Waals surface area (Å²) in [6.07, 6.45) is -0.551. The molecule has 2 aromatic heterocycles. The Balaban J connectivity index is 1.45. The van der Waals surface area contributed by atoms with E-state index in [-0.39, 0.29) is 36.1 Å². The molecular weight excluding hydrogens is 488 g/mol. The zero-order valence-electron chi connectivity index (χ0n) is 22.3. The van der Waals surface area contributed by atoms with Crippen LogP contribution in [0, 0.1) is 12.8 Å². The van der Waals surface area contributed by atoms with Crippen LogP contribution in [-0.2, 0) is 21.5 Å². The zero-order chi connectivity index (χ0) is 26.9. The van der Waals surface area contributed by atoms with Gasteiger partial charge in [-0.05, 0) is 24.0 Å². The second kappa shape index (κ2) is 10.8. The lowest BCUT2D eigenvalue weighted by Gasteiger charge is -2.28. The van der Waals surface area contributed by atoms with Crippen molar-refractivity contribution in [1.82, 2.24) is 20.4 Å². The fourth-order valence-electron chi connectivity index (χ4n) is 4.67. The van der Waals surface area contributed by atoms with Crippen LogP contribution in [0.1, 0.15) is 69.7 Å². The van der Waals surface area contributed by atoms with Gasteiger partial charge in [0.2, 0.25) is 11.8 Å². The molecule has 9 heteroatoms. The molecule has 198 valence electrons. The molecule has 3 atom stereocenters. The van der Waals surface area contributed by atoms with Crippen LogP contribution in [0.25, 0.3) is 10.4 Å². The van der Waals surface area contributed by atoms with Crippen LogP contribution < -0.4 is 5.32 Å². The second-order valence-electron chi connectivity index (χ2n) is 11.2. The van der Waals surface area contributed by atoms with Gasteiger partial charge in [-0.15, -0.1) is 11.3 Å². The van der Waals surface area contributed by atoms with E-state index in [1.54, 1.807) is 11.3 Å². The number of aromatic nitrogens is 2. The minimum absolute atomic E-state index is 0.0737. The molecule has 8 nitrogen and oxygen atoms in total. The van der Waals surface area contributed by atoms with E-state index < -0.39 is 18.1 Å². The highest BCUT2D eigenvalue weighted by molar-refractivity contribution is 7.13. The van der Waals surface area contributed by atoms with E-state index in [9.17, 15) is 14.7 Å². The molecule has 37 heavy (non-hydrogen) atoms. The zero-order valence-corrected chi connectivity index (χ0v) is 23.1. The molecule has 1 aliphatic rings. The molecule has 1 aliphatic heterocycles. The lowest BCUT2D eigenvalue weighted by molar-refractivity contribution is -0.141. The number of likely N-dealkylation sites (tertiary alicyclic amines) is 1. The highest BCUT2D eigenvalue weighted by Gasteiger charge is 2.43. The second-order valence-corrected chi connectivity index (χ2v) is 12.0. The smallest absolute Gasteiger partial charge is 0.243 e. The van der Waals surface area contributed by atoms with Crippen molar-refractivity contribution in [3.05, 3.63) is 58.6 Å². The summed E-state index contributed by atoms with van der Waals surface area (Å²) in [4.78, 5) is 33.8. The summed E-state index contributed by atoms with van der Waals surface area (Å²) in [6, 6.07) is 9.09. The number of nitrogens with zero attached hydrogens (tertiary/aromatic N) is 3. The standard InChI is InChI=1S/C28H36N4O4S/c1-16(2)24(22-12-23(31-36-22)28(4,5)6)27(35)32-14-20(33)11-21(32)26(34)29-13-18-7-9-19(10-8-18)25-17(3)30-15-37-25/h7-10,12,15-16,20-21,24,33H,11,13-14H2,1-6H3,(H,29,34).